The number of hydrogen-bond acceptors (Lipinski definition) is 6. The third-order valence-electron chi connectivity index (χ3n) is 4.87. The third-order valence-corrected chi connectivity index (χ3v) is 6.62. The fraction of sp³-hybridized carbons (Fsp3) is 0.474. The predicted octanol–water partition coefficient (Wildman–Crippen LogP) is 3.16. The molecule has 1 aliphatic rings. The molecule has 0 spiro atoms. The second-order valence-corrected chi connectivity index (χ2v) is 9.23. The van der Waals surface area contributed by atoms with Gasteiger partial charge in [0, 0.05) is 24.3 Å². The number of nitrogens with one attached hydrogen (secondary N) is 1. The summed E-state index contributed by atoms with van der Waals surface area (Å²) < 4.78 is 23.7. The Kier molecular flexibility index (Phi) is 5.18. The van der Waals surface area contributed by atoms with Crippen molar-refractivity contribution in [3.05, 3.63) is 41.2 Å². The zero-order chi connectivity index (χ0) is 18.9. The zero-order valence-corrected chi connectivity index (χ0v) is 16.6. The van der Waals surface area contributed by atoms with Gasteiger partial charge in [-0.05, 0) is 45.2 Å². The lowest BCUT2D eigenvalue weighted by atomic mass is 10.1. The highest BCUT2D eigenvalue weighted by molar-refractivity contribution is 7.91. The number of hydrogen-bond donors (Lipinski definition) is 1. The quantitative estimate of drug-likeness (QED) is 0.866. The molecule has 0 aliphatic carbocycles. The fourth-order valence-corrected chi connectivity index (χ4v) is 5.44. The normalized spacial score (nSPS) is 18.7. The predicted molar refractivity (Wildman–Crippen MR) is 106 cm³/mol. The van der Waals surface area contributed by atoms with Crippen LogP contribution in [0, 0.1) is 20.8 Å². The van der Waals surface area contributed by atoms with Crippen LogP contribution in [0.5, 0.6) is 0 Å². The summed E-state index contributed by atoms with van der Waals surface area (Å²) >= 11 is 0. The molecule has 0 bridgehead atoms. The van der Waals surface area contributed by atoms with E-state index in [2.05, 4.69) is 53.1 Å². The minimum absolute atomic E-state index is 0.0180. The lowest BCUT2D eigenvalue weighted by Gasteiger charge is -2.28. The van der Waals surface area contributed by atoms with Crippen LogP contribution in [0.1, 0.15) is 30.0 Å². The van der Waals surface area contributed by atoms with Gasteiger partial charge in [-0.25, -0.2) is 18.4 Å². The maximum absolute atomic E-state index is 11.8. The highest BCUT2D eigenvalue weighted by Crippen LogP contribution is 2.28. The number of nitrogens with zero attached hydrogens (tertiary/aromatic N) is 3. The Morgan fingerprint density at radius 2 is 1.85 bits per heavy atom. The van der Waals surface area contributed by atoms with Crippen molar-refractivity contribution >= 4 is 27.2 Å². The lowest BCUT2D eigenvalue weighted by molar-refractivity contribution is 0.599. The van der Waals surface area contributed by atoms with Crippen LogP contribution in [-0.2, 0) is 9.84 Å². The van der Waals surface area contributed by atoms with Crippen LogP contribution in [0.3, 0.4) is 0 Å². The van der Waals surface area contributed by atoms with Crippen LogP contribution in [0.25, 0.3) is 0 Å². The largest absolute Gasteiger partial charge is 0.353 e. The maximum Gasteiger partial charge on any atom is 0.152 e. The molecule has 140 valence electrons. The van der Waals surface area contributed by atoms with Gasteiger partial charge in [0.1, 0.15) is 18.0 Å². The molecule has 3 rings (SSSR count). The van der Waals surface area contributed by atoms with E-state index in [1.807, 2.05) is 13.0 Å². The molecular formula is C19H26N4O2S. The highest BCUT2D eigenvalue weighted by Gasteiger charge is 2.32. The standard InChI is InChI=1S/C19H26N4O2S/c1-5-23(16-6-7-26(24,25)11-16)18-10-17(20-12-21-18)22-19-14(3)8-13(2)9-15(19)4/h8-10,12,16H,5-7,11H2,1-4H3,(H,20,21,22). The molecular weight excluding hydrogens is 348 g/mol. The highest BCUT2D eigenvalue weighted by atomic mass is 32.2. The van der Waals surface area contributed by atoms with Crippen molar-refractivity contribution in [1.29, 1.82) is 0 Å². The first kappa shape index (κ1) is 18.6. The van der Waals surface area contributed by atoms with E-state index in [1.54, 1.807) is 0 Å². The molecule has 0 saturated carbocycles. The lowest BCUT2D eigenvalue weighted by Crippen LogP contribution is -2.36. The Morgan fingerprint density at radius 1 is 1.15 bits per heavy atom. The topological polar surface area (TPSA) is 75.2 Å². The molecule has 2 aromatic rings. The van der Waals surface area contributed by atoms with Gasteiger partial charge in [-0.15, -0.1) is 0 Å². The van der Waals surface area contributed by atoms with Gasteiger partial charge in [0.15, 0.2) is 9.84 Å². The number of rotatable bonds is 5. The molecule has 0 amide bonds. The molecule has 1 atom stereocenters. The number of benzene rings is 1. The summed E-state index contributed by atoms with van der Waals surface area (Å²) in [5.41, 5.74) is 4.61. The molecule has 6 nitrogen and oxygen atoms in total. The smallest absolute Gasteiger partial charge is 0.152 e. The van der Waals surface area contributed by atoms with E-state index in [4.69, 9.17) is 0 Å². The van der Waals surface area contributed by atoms with E-state index in [0.29, 0.717) is 18.8 Å². The Morgan fingerprint density at radius 3 is 2.42 bits per heavy atom. The van der Waals surface area contributed by atoms with E-state index in [1.165, 1.54) is 11.9 Å². The zero-order valence-electron chi connectivity index (χ0n) is 15.8. The van der Waals surface area contributed by atoms with Gasteiger partial charge >= 0.3 is 0 Å². The minimum atomic E-state index is -2.93. The molecule has 1 N–H and O–H groups in total. The van der Waals surface area contributed by atoms with Gasteiger partial charge in [-0.2, -0.15) is 0 Å². The molecule has 1 aromatic heterocycles. The number of aromatic nitrogens is 2. The van der Waals surface area contributed by atoms with Gasteiger partial charge in [0.05, 0.1) is 11.5 Å². The van der Waals surface area contributed by atoms with Crippen LogP contribution in [0.15, 0.2) is 24.5 Å². The van der Waals surface area contributed by atoms with Crippen LogP contribution >= 0.6 is 0 Å². The van der Waals surface area contributed by atoms with Gasteiger partial charge in [0.2, 0.25) is 0 Å². The first-order chi connectivity index (χ1) is 12.3. The first-order valence-corrected chi connectivity index (χ1v) is 10.7. The molecule has 1 fully saturated rings. The Balaban J connectivity index is 1.86. The summed E-state index contributed by atoms with van der Waals surface area (Å²) in [6, 6.07) is 6.15. The average molecular weight is 375 g/mol. The van der Waals surface area contributed by atoms with Crippen molar-refractivity contribution in [3.63, 3.8) is 0 Å². The van der Waals surface area contributed by atoms with Gasteiger partial charge in [-0.1, -0.05) is 17.7 Å². The van der Waals surface area contributed by atoms with E-state index < -0.39 is 9.84 Å². The van der Waals surface area contributed by atoms with Gasteiger partial charge < -0.3 is 10.2 Å². The number of anilines is 3. The third kappa shape index (κ3) is 3.98. The van der Waals surface area contributed by atoms with Crippen molar-refractivity contribution in [1.82, 2.24) is 9.97 Å². The summed E-state index contributed by atoms with van der Waals surface area (Å²) in [5, 5.41) is 3.40. The summed E-state index contributed by atoms with van der Waals surface area (Å²) in [6.45, 7) is 8.97. The Hall–Kier alpha value is -2.15. The molecule has 1 aromatic carbocycles. The van der Waals surface area contributed by atoms with Gasteiger partial charge in [-0.3, -0.25) is 0 Å². The molecule has 1 aliphatic heterocycles. The van der Waals surface area contributed by atoms with Gasteiger partial charge in [0.25, 0.3) is 0 Å². The maximum atomic E-state index is 11.8. The molecule has 1 unspecified atom stereocenters. The second kappa shape index (κ2) is 7.23. The average Bonchev–Trinajstić information content (AvgIpc) is 2.92. The summed E-state index contributed by atoms with van der Waals surface area (Å²) in [4.78, 5) is 10.8. The summed E-state index contributed by atoms with van der Waals surface area (Å²) in [7, 11) is -2.93. The van der Waals surface area contributed by atoms with Crippen LogP contribution < -0.4 is 10.2 Å². The molecule has 0 radical (unpaired) electrons. The van der Waals surface area contributed by atoms with E-state index >= 15 is 0 Å². The Bertz CT molecular complexity index is 889. The van der Waals surface area contributed by atoms with E-state index in [9.17, 15) is 8.42 Å². The SMILES string of the molecule is CCN(c1cc(Nc2c(C)cc(C)cc2C)ncn1)C1CCS(=O)(=O)C1. The van der Waals surface area contributed by atoms with Crippen molar-refractivity contribution < 1.29 is 8.42 Å². The van der Waals surface area contributed by atoms with E-state index in [-0.39, 0.29) is 17.5 Å². The van der Waals surface area contributed by atoms with Crippen molar-refractivity contribution in [2.24, 2.45) is 0 Å². The molecule has 7 heteroatoms. The number of aryl methyl sites for hydroxylation is 3. The molecule has 1 saturated heterocycles. The van der Waals surface area contributed by atoms with Crippen LogP contribution in [-0.4, -0.2) is 42.5 Å². The minimum Gasteiger partial charge on any atom is -0.353 e. The monoisotopic (exact) mass is 374 g/mol. The number of sulfone groups is 1. The van der Waals surface area contributed by atoms with Crippen LogP contribution in [0.2, 0.25) is 0 Å². The molecule has 26 heavy (non-hydrogen) atoms. The van der Waals surface area contributed by atoms with Crippen molar-refractivity contribution in [3.8, 4) is 0 Å². The van der Waals surface area contributed by atoms with E-state index in [0.717, 1.165) is 22.6 Å². The van der Waals surface area contributed by atoms with Crippen LogP contribution in [0.4, 0.5) is 17.3 Å². The Labute approximate surface area is 155 Å². The summed E-state index contributed by atoms with van der Waals surface area (Å²) in [6.07, 6.45) is 2.18. The molecule has 2 heterocycles. The first-order valence-electron chi connectivity index (χ1n) is 8.93. The second-order valence-electron chi connectivity index (χ2n) is 7.00. The van der Waals surface area contributed by atoms with Crippen molar-refractivity contribution in [2.45, 2.75) is 40.2 Å². The fourth-order valence-electron chi connectivity index (χ4n) is 3.71. The summed E-state index contributed by atoms with van der Waals surface area (Å²) in [5.74, 6) is 1.93. The van der Waals surface area contributed by atoms with Crippen molar-refractivity contribution in [2.75, 3.05) is 28.3 Å².